The van der Waals surface area contributed by atoms with Crippen LogP contribution in [0.15, 0.2) is 5.16 Å². The molecule has 1 fully saturated rings. The van der Waals surface area contributed by atoms with E-state index in [4.69, 9.17) is 5.11 Å². The number of carbonyl (C=O) groups is 2. The van der Waals surface area contributed by atoms with Crippen molar-refractivity contribution in [2.75, 3.05) is 5.75 Å². The van der Waals surface area contributed by atoms with Crippen LogP contribution < -0.4 is 5.32 Å². The van der Waals surface area contributed by atoms with Crippen LogP contribution in [-0.4, -0.2) is 49.0 Å². The van der Waals surface area contributed by atoms with Crippen molar-refractivity contribution in [3.8, 4) is 0 Å². The number of carbonyl (C=O) groups excluding carboxylic acids is 1. The van der Waals surface area contributed by atoms with Crippen LogP contribution in [0.1, 0.15) is 25.8 Å². The maximum atomic E-state index is 10.9. The Labute approximate surface area is 107 Å². The van der Waals surface area contributed by atoms with Gasteiger partial charge >= 0.3 is 5.97 Å². The fourth-order valence-corrected chi connectivity index (χ4v) is 2.36. The zero-order valence-corrected chi connectivity index (χ0v) is 10.6. The lowest BCUT2D eigenvalue weighted by molar-refractivity contribution is -0.140. The number of aromatic nitrogens is 4. The molecule has 0 saturated heterocycles. The molecule has 1 unspecified atom stereocenters. The van der Waals surface area contributed by atoms with Crippen LogP contribution in [0.3, 0.4) is 0 Å². The molecule has 1 aliphatic rings. The maximum absolute atomic E-state index is 10.9. The number of carboxylic acids is 1. The first-order valence-electron chi connectivity index (χ1n) is 5.48. The van der Waals surface area contributed by atoms with Crippen LogP contribution in [0.5, 0.6) is 0 Å². The molecule has 0 aromatic carbocycles. The molecule has 1 atom stereocenters. The Balaban J connectivity index is 1.93. The van der Waals surface area contributed by atoms with E-state index in [1.165, 1.54) is 18.7 Å². The van der Waals surface area contributed by atoms with Gasteiger partial charge in [-0.25, -0.2) is 9.48 Å². The summed E-state index contributed by atoms with van der Waals surface area (Å²) in [5.41, 5.74) is 0. The van der Waals surface area contributed by atoms with E-state index < -0.39 is 12.0 Å². The van der Waals surface area contributed by atoms with E-state index in [2.05, 4.69) is 20.8 Å². The van der Waals surface area contributed by atoms with Crippen molar-refractivity contribution in [3.05, 3.63) is 0 Å². The van der Waals surface area contributed by atoms with E-state index in [-0.39, 0.29) is 11.7 Å². The van der Waals surface area contributed by atoms with Gasteiger partial charge in [0.25, 0.3) is 0 Å². The molecule has 1 aromatic rings. The molecule has 1 aliphatic carbocycles. The number of nitrogens with one attached hydrogen (secondary N) is 1. The molecule has 0 bridgehead atoms. The second-order valence-electron chi connectivity index (χ2n) is 4.04. The topological polar surface area (TPSA) is 110 Å². The van der Waals surface area contributed by atoms with Crippen LogP contribution in [0, 0.1) is 0 Å². The van der Waals surface area contributed by atoms with Crippen LogP contribution in [0.25, 0.3) is 0 Å². The monoisotopic (exact) mass is 271 g/mol. The van der Waals surface area contributed by atoms with Gasteiger partial charge in [-0.15, -0.1) is 5.10 Å². The number of aliphatic carboxylic acids is 1. The Bertz CT molecular complexity index is 459. The minimum absolute atomic E-state index is 0.196. The Morgan fingerprint density at radius 1 is 1.61 bits per heavy atom. The number of hydrogen-bond donors (Lipinski definition) is 2. The maximum Gasteiger partial charge on any atom is 0.327 e. The zero-order chi connectivity index (χ0) is 13.1. The first-order valence-corrected chi connectivity index (χ1v) is 6.47. The first-order chi connectivity index (χ1) is 8.58. The third-order valence-electron chi connectivity index (χ3n) is 2.41. The molecule has 18 heavy (non-hydrogen) atoms. The van der Waals surface area contributed by atoms with Crippen molar-refractivity contribution in [1.82, 2.24) is 25.5 Å². The molecule has 1 heterocycles. The van der Waals surface area contributed by atoms with Gasteiger partial charge in [0.15, 0.2) is 0 Å². The lowest BCUT2D eigenvalue weighted by Gasteiger charge is -2.12. The summed E-state index contributed by atoms with van der Waals surface area (Å²) in [5.74, 6) is -1.24. The zero-order valence-electron chi connectivity index (χ0n) is 9.74. The minimum Gasteiger partial charge on any atom is -0.480 e. The van der Waals surface area contributed by atoms with Crippen molar-refractivity contribution >= 4 is 23.6 Å². The van der Waals surface area contributed by atoms with Gasteiger partial charge in [0.2, 0.25) is 11.1 Å². The second-order valence-corrected chi connectivity index (χ2v) is 5.03. The van der Waals surface area contributed by atoms with Crippen LogP contribution in [-0.2, 0) is 9.59 Å². The molecule has 2 N–H and O–H groups in total. The van der Waals surface area contributed by atoms with Crippen LogP contribution in [0.2, 0.25) is 0 Å². The third-order valence-corrected chi connectivity index (χ3v) is 3.44. The molecule has 0 aliphatic heterocycles. The van der Waals surface area contributed by atoms with Gasteiger partial charge in [-0.2, -0.15) is 0 Å². The highest BCUT2D eigenvalue weighted by Crippen LogP contribution is 2.36. The largest absolute Gasteiger partial charge is 0.480 e. The van der Waals surface area contributed by atoms with Gasteiger partial charge in [0.05, 0.1) is 6.04 Å². The average Bonchev–Trinajstić information content (AvgIpc) is 3.03. The summed E-state index contributed by atoms with van der Waals surface area (Å²) < 4.78 is 1.71. The average molecular weight is 271 g/mol. The van der Waals surface area contributed by atoms with E-state index in [1.807, 2.05) is 0 Å². The molecular formula is C9H13N5O3S. The van der Waals surface area contributed by atoms with E-state index >= 15 is 0 Å². The number of nitrogens with zero attached hydrogens (tertiary/aromatic N) is 4. The SMILES string of the molecule is CC(=O)NC(CSc1nnnn1C1CC1)C(=O)O. The molecule has 0 spiro atoms. The summed E-state index contributed by atoms with van der Waals surface area (Å²) in [4.78, 5) is 21.8. The number of thioether (sulfide) groups is 1. The lowest BCUT2D eigenvalue weighted by atomic mass is 10.3. The number of carboxylic acid groups (broad SMARTS) is 1. The predicted octanol–water partition coefficient (Wildman–Crippen LogP) is -0.311. The van der Waals surface area contributed by atoms with Gasteiger partial charge < -0.3 is 10.4 Å². The van der Waals surface area contributed by atoms with Crippen LogP contribution in [0.4, 0.5) is 0 Å². The second kappa shape index (κ2) is 5.34. The molecule has 2 rings (SSSR count). The molecule has 1 aromatic heterocycles. The summed E-state index contributed by atoms with van der Waals surface area (Å²) >= 11 is 1.23. The highest BCUT2D eigenvalue weighted by Gasteiger charge is 2.28. The van der Waals surface area contributed by atoms with Gasteiger partial charge in [-0.1, -0.05) is 11.8 Å². The molecule has 8 nitrogen and oxygen atoms in total. The summed E-state index contributed by atoms with van der Waals surface area (Å²) in [6.45, 7) is 1.29. The van der Waals surface area contributed by atoms with E-state index in [0.717, 1.165) is 12.8 Å². The number of rotatable bonds is 6. The predicted molar refractivity (Wildman–Crippen MR) is 62.1 cm³/mol. The van der Waals surface area contributed by atoms with Crippen LogP contribution >= 0.6 is 11.8 Å². The number of hydrogen-bond acceptors (Lipinski definition) is 6. The summed E-state index contributed by atoms with van der Waals surface area (Å²) in [6, 6.07) is -0.594. The Morgan fingerprint density at radius 2 is 2.33 bits per heavy atom. The third kappa shape index (κ3) is 3.19. The lowest BCUT2D eigenvalue weighted by Crippen LogP contribution is -2.41. The standard InChI is InChI=1S/C9H13N5O3S/c1-5(15)10-7(8(16)17)4-18-9-11-12-13-14(9)6-2-3-6/h6-7H,2-4H2,1H3,(H,10,15)(H,16,17). The van der Waals surface area contributed by atoms with Crippen molar-refractivity contribution in [1.29, 1.82) is 0 Å². The molecule has 1 amide bonds. The Kier molecular flexibility index (Phi) is 3.80. The molecule has 1 saturated carbocycles. The number of amides is 1. The van der Waals surface area contributed by atoms with Crippen molar-refractivity contribution in [3.63, 3.8) is 0 Å². The number of tetrazole rings is 1. The van der Waals surface area contributed by atoms with Crippen molar-refractivity contribution in [2.45, 2.75) is 37.0 Å². The van der Waals surface area contributed by atoms with Gasteiger partial charge in [0, 0.05) is 12.7 Å². The Hall–Kier alpha value is -1.64. The summed E-state index contributed by atoms with van der Waals surface area (Å²) in [5, 5.41) is 23.2. The summed E-state index contributed by atoms with van der Waals surface area (Å²) in [7, 11) is 0. The van der Waals surface area contributed by atoms with Gasteiger partial charge in [-0.3, -0.25) is 4.79 Å². The molecule has 9 heteroatoms. The normalized spacial score (nSPS) is 16.3. The highest BCUT2D eigenvalue weighted by atomic mass is 32.2. The fourth-order valence-electron chi connectivity index (χ4n) is 1.41. The molecule has 0 radical (unpaired) electrons. The minimum atomic E-state index is -1.07. The quantitative estimate of drug-likeness (QED) is 0.683. The molecule has 98 valence electrons. The Morgan fingerprint density at radius 3 is 2.89 bits per heavy atom. The van der Waals surface area contributed by atoms with E-state index in [9.17, 15) is 9.59 Å². The van der Waals surface area contributed by atoms with Gasteiger partial charge in [0.1, 0.15) is 6.04 Å². The van der Waals surface area contributed by atoms with Crippen molar-refractivity contribution < 1.29 is 14.7 Å². The van der Waals surface area contributed by atoms with E-state index in [0.29, 0.717) is 11.2 Å². The highest BCUT2D eigenvalue weighted by molar-refractivity contribution is 7.99. The smallest absolute Gasteiger partial charge is 0.327 e. The fraction of sp³-hybridized carbons (Fsp3) is 0.667. The molecular weight excluding hydrogens is 258 g/mol. The first kappa shape index (κ1) is 12.8. The summed E-state index contributed by atoms with van der Waals surface area (Å²) in [6.07, 6.45) is 2.10. The van der Waals surface area contributed by atoms with E-state index in [1.54, 1.807) is 4.68 Å². The van der Waals surface area contributed by atoms with Gasteiger partial charge in [-0.05, 0) is 23.3 Å². The van der Waals surface area contributed by atoms with Crippen molar-refractivity contribution in [2.24, 2.45) is 0 Å².